The number of nitrogens with one attached hydrogen (secondary N) is 1. The number of aryl methyl sites for hydroxylation is 1. The zero-order chi connectivity index (χ0) is 15.3. The molecule has 5 heteroatoms. The summed E-state index contributed by atoms with van der Waals surface area (Å²) in [7, 11) is 0. The lowest BCUT2D eigenvalue weighted by Crippen LogP contribution is -2.30. The highest BCUT2D eigenvalue weighted by atomic mass is 16.5. The SMILES string of the molecule is CCCCCCCCOCC(O)CNCc1ncc(C)o1. The predicted octanol–water partition coefficient (Wildman–Crippen LogP) is 2.81. The van der Waals surface area contributed by atoms with Crippen LogP contribution in [-0.2, 0) is 11.3 Å². The van der Waals surface area contributed by atoms with E-state index in [0.29, 0.717) is 25.6 Å². The molecular weight excluding hydrogens is 268 g/mol. The largest absolute Gasteiger partial charge is 0.445 e. The van der Waals surface area contributed by atoms with Crippen LogP contribution in [0.25, 0.3) is 0 Å². The Morgan fingerprint density at radius 3 is 2.76 bits per heavy atom. The van der Waals surface area contributed by atoms with Gasteiger partial charge in [0.15, 0.2) is 0 Å². The third-order valence-electron chi connectivity index (χ3n) is 3.28. The van der Waals surface area contributed by atoms with Gasteiger partial charge in [0.25, 0.3) is 0 Å². The first-order valence-corrected chi connectivity index (χ1v) is 8.10. The second kappa shape index (κ2) is 11.7. The number of hydrogen-bond acceptors (Lipinski definition) is 5. The molecule has 21 heavy (non-hydrogen) atoms. The summed E-state index contributed by atoms with van der Waals surface area (Å²) in [5.41, 5.74) is 0. The van der Waals surface area contributed by atoms with Gasteiger partial charge in [-0.2, -0.15) is 0 Å². The normalized spacial score (nSPS) is 12.7. The predicted molar refractivity (Wildman–Crippen MR) is 83.1 cm³/mol. The molecule has 1 rings (SSSR count). The first-order chi connectivity index (χ1) is 10.2. The second-order valence-electron chi connectivity index (χ2n) is 5.49. The van der Waals surface area contributed by atoms with E-state index in [4.69, 9.17) is 9.15 Å². The lowest BCUT2D eigenvalue weighted by atomic mass is 10.1. The summed E-state index contributed by atoms with van der Waals surface area (Å²) in [5, 5.41) is 12.9. The van der Waals surface area contributed by atoms with Gasteiger partial charge < -0.3 is 19.6 Å². The fourth-order valence-corrected chi connectivity index (χ4v) is 2.09. The van der Waals surface area contributed by atoms with Crippen molar-refractivity contribution in [3.63, 3.8) is 0 Å². The fourth-order valence-electron chi connectivity index (χ4n) is 2.09. The van der Waals surface area contributed by atoms with Crippen LogP contribution in [0.15, 0.2) is 10.6 Å². The monoisotopic (exact) mass is 298 g/mol. The molecule has 0 fully saturated rings. The summed E-state index contributed by atoms with van der Waals surface area (Å²) in [6, 6.07) is 0. The van der Waals surface area contributed by atoms with Crippen molar-refractivity contribution in [2.75, 3.05) is 19.8 Å². The average Bonchev–Trinajstić information content (AvgIpc) is 2.87. The summed E-state index contributed by atoms with van der Waals surface area (Å²) >= 11 is 0. The van der Waals surface area contributed by atoms with Crippen molar-refractivity contribution in [1.82, 2.24) is 10.3 Å². The maximum atomic E-state index is 9.77. The van der Waals surface area contributed by atoms with E-state index in [-0.39, 0.29) is 0 Å². The zero-order valence-corrected chi connectivity index (χ0v) is 13.4. The quantitative estimate of drug-likeness (QED) is 0.548. The molecule has 1 heterocycles. The smallest absolute Gasteiger partial charge is 0.208 e. The number of aliphatic hydroxyl groups excluding tert-OH is 1. The molecule has 0 aliphatic rings. The fraction of sp³-hybridized carbons (Fsp3) is 0.812. The number of aliphatic hydroxyl groups is 1. The Hall–Kier alpha value is -0.910. The van der Waals surface area contributed by atoms with Gasteiger partial charge in [-0.15, -0.1) is 0 Å². The van der Waals surface area contributed by atoms with Crippen LogP contribution in [0.2, 0.25) is 0 Å². The molecule has 1 aromatic heterocycles. The lowest BCUT2D eigenvalue weighted by molar-refractivity contribution is 0.0350. The summed E-state index contributed by atoms with van der Waals surface area (Å²) in [4.78, 5) is 4.09. The molecule has 1 atom stereocenters. The van der Waals surface area contributed by atoms with Crippen molar-refractivity contribution < 1.29 is 14.3 Å². The third kappa shape index (κ3) is 9.61. The Labute approximate surface area is 128 Å². The maximum absolute atomic E-state index is 9.77. The van der Waals surface area contributed by atoms with Gasteiger partial charge in [-0.05, 0) is 13.3 Å². The van der Waals surface area contributed by atoms with Gasteiger partial charge in [-0.1, -0.05) is 39.0 Å². The van der Waals surface area contributed by atoms with E-state index in [2.05, 4.69) is 17.2 Å². The zero-order valence-electron chi connectivity index (χ0n) is 13.4. The molecule has 0 aliphatic carbocycles. The standard InChI is InChI=1S/C16H30N2O3/c1-3-4-5-6-7-8-9-20-13-15(19)11-17-12-16-18-10-14(2)21-16/h10,15,17,19H,3-9,11-13H2,1-2H3. The Kier molecular flexibility index (Phi) is 10.1. The van der Waals surface area contributed by atoms with E-state index in [1.165, 1.54) is 32.1 Å². The topological polar surface area (TPSA) is 67.5 Å². The number of nitrogens with zero attached hydrogens (tertiary/aromatic N) is 1. The van der Waals surface area contributed by atoms with Crippen molar-refractivity contribution in [2.45, 2.75) is 65.0 Å². The molecule has 1 unspecified atom stereocenters. The van der Waals surface area contributed by atoms with Crippen molar-refractivity contribution in [1.29, 1.82) is 0 Å². The highest BCUT2D eigenvalue weighted by Crippen LogP contribution is 2.05. The number of ether oxygens (including phenoxy) is 1. The molecule has 0 amide bonds. The van der Waals surface area contributed by atoms with Crippen molar-refractivity contribution >= 4 is 0 Å². The van der Waals surface area contributed by atoms with Crippen molar-refractivity contribution in [2.24, 2.45) is 0 Å². The summed E-state index contributed by atoms with van der Waals surface area (Å²) < 4.78 is 10.8. The first-order valence-electron chi connectivity index (χ1n) is 8.10. The maximum Gasteiger partial charge on any atom is 0.208 e. The van der Waals surface area contributed by atoms with Crippen LogP contribution >= 0.6 is 0 Å². The number of rotatable bonds is 13. The van der Waals surface area contributed by atoms with E-state index >= 15 is 0 Å². The highest BCUT2D eigenvalue weighted by Gasteiger charge is 2.05. The van der Waals surface area contributed by atoms with Crippen LogP contribution in [0, 0.1) is 6.92 Å². The molecule has 5 nitrogen and oxygen atoms in total. The van der Waals surface area contributed by atoms with Crippen molar-refractivity contribution in [3.8, 4) is 0 Å². The van der Waals surface area contributed by atoms with E-state index in [0.717, 1.165) is 18.8 Å². The Morgan fingerprint density at radius 2 is 2.05 bits per heavy atom. The minimum Gasteiger partial charge on any atom is -0.445 e. The lowest BCUT2D eigenvalue weighted by Gasteiger charge is -2.11. The second-order valence-corrected chi connectivity index (χ2v) is 5.49. The molecule has 0 aromatic carbocycles. The number of hydrogen-bond donors (Lipinski definition) is 2. The average molecular weight is 298 g/mol. The van der Waals surface area contributed by atoms with Gasteiger partial charge in [0.05, 0.1) is 25.5 Å². The number of oxazole rings is 1. The molecular formula is C16H30N2O3. The Balaban J connectivity index is 1.88. The summed E-state index contributed by atoms with van der Waals surface area (Å²) in [5.74, 6) is 1.45. The van der Waals surface area contributed by atoms with Gasteiger partial charge >= 0.3 is 0 Å². The van der Waals surface area contributed by atoms with Gasteiger partial charge in [0.2, 0.25) is 5.89 Å². The Morgan fingerprint density at radius 1 is 1.29 bits per heavy atom. The van der Waals surface area contributed by atoms with E-state index in [1.54, 1.807) is 6.20 Å². The van der Waals surface area contributed by atoms with Gasteiger partial charge in [-0.25, -0.2) is 4.98 Å². The molecule has 0 saturated carbocycles. The minimum absolute atomic E-state index is 0.382. The van der Waals surface area contributed by atoms with Gasteiger partial charge in [-0.3, -0.25) is 0 Å². The van der Waals surface area contributed by atoms with Crippen LogP contribution < -0.4 is 5.32 Å². The molecule has 0 spiro atoms. The van der Waals surface area contributed by atoms with E-state index in [9.17, 15) is 5.11 Å². The first kappa shape index (κ1) is 18.1. The van der Waals surface area contributed by atoms with Crippen LogP contribution in [0.1, 0.15) is 57.1 Å². The number of unbranched alkanes of at least 4 members (excludes halogenated alkanes) is 5. The van der Waals surface area contributed by atoms with E-state index < -0.39 is 6.10 Å². The molecule has 0 aliphatic heterocycles. The van der Waals surface area contributed by atoms with Gasteiger partial charge in [0.1, 0.15) is 5.76 Å². The van der Waals surface area contributed by atoms with Gasteiger partial charge in [0, 0.05) is 13.2 Å². The summed E-state index contributed by atoms with van der Waals surface area (Å²) in [6.45, 7) is 6.22. The molecule has 0 radical (unpaired) electrons. The van der Waals surface area contributed by atoms with Crippen molar-refractivity contribution in [3.05, 3.63) is 17.8 Å². The number of aromatic nitrogens is 1. The highest BCUT2D eigenvalue weighted by molar-refractivity contribution is 4.90. The summed E-state index contributed by atoms with van der Waals surface area (Å²) in [6.07, 6.45) is 8.73. The Bertz CT molecular complexity index is 355. The molecule has 2 N–H and O–H groups in total. The van der Waals surface area contributed by atoms with Crippen LogP contribution in [0.3, 0.4) is 0 Å². The molecule has 0 saturated heterocycles. The molecule has 122 valence electrons. The van der Waals surface area contributed by atoms with Crippen LogP contribution in [-0.4, -0.2) is 36.0 Å². The van der Waals surface area contributed by atoms with Crippen LogP contribution in [0.4, 0.5) is 0 Å². The minimum atomic E-state index is -0.485. The van der Waals surface area contributed by atoms with Crippen LogP contribution in [0.5, 0.6) is 0 Å². The third-order valence-corrected chi connectivity index (χ3v) is 3.28. The van der Waals surface area contributed by atoms with E-state index in [1.807, 2.05) is 6.92 Å². The molecule has 0 bridgehead atoms. The molecule has 1 aromatic rings.